The molecule has 0 atom stereocenters. The van der Waals surface area contributed by atoms with Crippen LogP contribution in [-0.4, -0.2) is 52.7 Å². The van der Waals surface area contributed by atoms with Crippen LogP contribution < -0.4 is 0 Å². The van der Waals surface area contributed by atoms with E-state index < -0.39 is 5.60 Å². The minimum atomic E-state index is -0.612. The van der Waals surface area contributed by atoms with Crippen molar-refractivity contribution in [2.24, 2.45) is 5.92 Å². The third kappa shape index (κ3) is 2.17. The van der Waals surface area contributed by atoms with Crippen molar-refractivity contribution in [1.29, 1.82) is 0 Å². The van der Waals surface area contributed by atoms with E-state index in [-0.39, 0.29) is 6.03 Å². The first-order valence-electron chi connectivity index (χ1n) is 6.30. The Morgan fingerprint density at radius 1 is 1.31 bits per heavy atom. The Hall–Kier alpha value is -0.770. The number of aliphatic hydroxyl groups is 1. The van der Waals surface area contributed by atoms with Crippen LogP contribution in [0.4, 0.5) is 4.79 Å². The van der Waals surface area contributed by atoms with E-state index in [2.05, 4.69) is 6.92 Å². The summed E-state index contributed by atoms with van der Waals surface area (Å²) in [5.41, 5.74) is -0.612. The molecule has 0 saturated carbocycles. The van der Waals surface area contributed by atoms with Crippen LogP contribution in [-0.2, 0) is 0 Å². The normalized spacial score (nSPS) is 25.4. The van der Waals surface area contributed by atoms with Gasteiger partial charge in [0.2, 0.25) is 0 Å². The zero-order valence-electron chi connectivity index (χ0n) is 10.3. The summed E-state index contributed by atoms with van der Waals surface area (Å²) in [6.45, 7) is 6.97. The molecule has 2 aliphatic rings. The van der Waals surface area contributed by atoms with E-state index in [1.54, 1.807) is 4.90 Å². The van der Waals surface area contributed by atoms with Crippen LogP contribution in [0.1, 0.15) is 33.1 Å². The first-order chi connectivity index (χ1) is 7.54. The highest BCUT2D eigenvalue weighted by atomic mass is 16.3. The Labute approximate surface area is 97.2 Å². The molecule has 0 aromatic heterocycles. The van der Waals surface area contributed by atoms with Gasteiger partial charge in [0, 0.05) is 13.1 Å². The van der Waals surface area contributed by atoms with Crippen LogP contribution in [0.5, 0.6) is 0 Å². The van der Waals surface area contributed by atoms with Gasteiger partial charge >= 0.3 is 6.03 Å². The second kappa shape index (κ2) is 4.24. The fourth-order valence-electron chi connectivity index (χ4n) is 2.42. The molecule has 0 spiro atoms. The predicted molar refractivity (Wildman–Crippen MR) is 62.2 cm³/mol. The monoisotopic (exact) mass is 226 g/mol. The minimum Gasteiger partial charge on any atom is -0.386 e. The summed E-state index contributed by atoms with van der Waals surface area (Å²) in [7, 11) is 0. The maximum absolute atomic E-state index is 12.0. The highest BCUT2D eigenvalue weighted by molar-refractivity contribution is 5.75. The molecular weight excluding hydrogens is 204 g/mol. The van der Waals surface area contributed by atoms with Crippen LogP contribution in [0.25, 0.3) is 0 Å². The number of β-amino-alcohol motifs (C(OH)–C–C–N with tert-alkyl or cyclic N) is 1. The van der Waals surface area contributed by atoms with E-state index in [9.17, 15) is 9.90 Å². The van der Waals surface area contributed by atoms with E-state index in [1.165, 1.54) is 0 Å². The van der Waals surface area contributed by atoms with Crippen molar-refractivity contribution in [3.05, 3.63) is 0 Å². The van der Waals surface area contributed by atoms with Crippen LogP contribution >= 0.6 is 0 Å². The number of rotatable bonds is 1. The van der Waals surface area contributed by atoms with Gasteiger partial charge in [-0.2, -0.15) is 0 Å². The van der Waals surface area contributed by atoms with Gasteiger partial charge in [0.05, 0.1) is 18.7 Å². The van der Waals surface area contributed by atoms with Gasteiger partial charge in [0.1, 0.15) is 0 Å². The summed E-state index contributed by atoms with van der Waals surface area (Å²) >= 11 is 0. The summed E-state index contributed by atoms with van der Waals surface area (Å²) in [5, 5.41) is 9.87. The summed E-state index contributed by atoms with van der Waals surface area (Å²) in [5.74, 6) is 0.744. The summed E-state index contributed by atoms with van der Waals surface area (Å²) in [6.07, 6.45) is 2.95. The lowest BCUT2D eigenvalue weighted by molar-refractivity contribution is -0.0837. The molecule has 2 saturated heterocycles. The fraction of sp³-hybridized carbons (Fsp3) is 0.917. The van der Waals surface area contributed by atoms with Gasteiger partial charge in [-0.1, -0.05) is 13.8 Å². The van der Waals surface area contributed by atoms with Crippen molar-refractivity contribution in [3.8, 4) is 0 Å². The lowest BCUT2D eigenvalue weighted by Gasteiger charge is -2.48. The smallest absolute Gasteiger partial charge is 0.320 e. The van der Waals surface area contributed by atoms with Crippen molar-refractivity contribution in [2.45, 2.75) is 38.7 Å². The molecular formula is C12H22N2O2. The maximum Gasteiger partial charge on any atom is 0.320 e. The van der Waals surface area contributed by atoms with Crippen LogP contribution in [0.15, 0.2) is 0 Å². The molecule has 0 aromatic carbocycles. The highest BCUT2D eigenvalue weighted by Crippen LogP contribution is 2.26. The molecule has 0 bridgehead atoms. The van der Waals surface area contributed by atoms with E-state index in [1.807, 2.05) is 11.8 Å². The first kappa shape index (κ1) is 11.7. The third-order valence-electron chi connectivity index (χ3n) is 3.95. The Kier molecular flexibility index (Phi) is 3.10. The predicted octanol–water partition coefficient (Wildman–Crippen LogP) is 1.30. The van der Waals surface area contributed by atoms with E-state index >= 15 is 0 Å². The largest absolute Gasteiger partial charge is 0.386 e. The molecule has 2 amide bonds. The molecule has 4 heteroatoms. The third-order valence-corrected chi connectivity index (χ3v) is 3.95. The first-order valence-corrected chi connectivity index (χ1v) is 6.30. The number of hydrogen-bond acceptors (Lipinski definition) is 2. The average Bonchev–Trinajstić information content (AvgIpc) is 2.25. The fourth-order valence-corrected chi connectivity index (χ4v) is 2.42. The number of urea groups is 1. The summed E-state index contributed by atoms with van der Waals surface area (Å²) in [4.78, 5) is 15.7. The van der Waals surface area contributed by atoms with Crippen molar-refractivity contribution in [3.63, 3.8) is 0 Å². The number of hydrogen-bond donors (Lipinski definition) is 1. The van der Waals surface area contributed by atoms with Gasteiger partial charge in [0.25, 0.3) is 0 Å². The van der Waals surface area contributed by atoms with Gasteiger partial charge in [-0.15, -0.1) is 0 Å². The topological polar surface area (TPSA) is 43.8 Å². The molecule has 0 aromatic rings. The van der Waals surface area contributed by atoms with Gasteiger partial charge in [-0.25, -0.2) is 4.79 Å². The number of nitrogens with zero attached hydrogens (tertiary/aromatic N) is 2. The van der Waals surface area contributed by atoms with Crippen molar-refractivity contribution in [2.75, 3.05) is 26.2 Å². The molecule has 2 fully saturated rings. The Balaban J connectivity index is 1.81. The zero-order valence-corrected chi connectivity index (χ0v) is 10.3. The van der Waals surface area contributed by atoms with Crippen molar-refractivity contribution >= 4 is 6.03 Å². The minimum absolute atomic E-state index is 0.116. The summed E-state index contributed by atoms with van der Waals surface area (Å²) in [6, 6.07) is 0.116. The molecule has 0 unspecified atom stereocenters. The molecule has 16 heavy (non-hydrogen) atoms. The SMILES string of the molecule is CCC1(O)CN(C(=O)N2CCC(C)CC2)C1. The van der Waals surface area contributed by atoms with Gasteiger partial charge in [0.15, 0.2) is 0 Å². The second-order valence-electron chi connectivity index (χ2n) is 5.39. The number of carbonyl (C=O) groups is 1. The maximum atomic E-state index is 12.0. The lowest BCUT2D eigenvalue weighted by atomic mass is 9.91. The van der Waals surface area contributed by atoms with Crippen LogP contribution in [0, 0.1) is 5.92 Å². The second-order valence-corrected chi connectivity index (χ2v) is 5.39. The van der Waals surface area contributed by atoms with Crippen molar-refractivity contribution < 1.29 is 9.90 Å². The van der Waals surface area contributed by atoms with E-state index in [0.29, 0.717) is 13.1 Å². The van der Waals surface area contributed by atoms with E-state index in [4.69, 9.17) is 0 Å². The quantitative estimate of drug-likeness (QED) is 0.732. The standard InChI is InChI=1S/C12H22N2O2/c1-3-12(16)8-14(9-12)11(15)13-6-4-10(2)5-7-13/h10,16H,3-9H2,1-2H3. The Morgan fingerprint density at radius 2 is 1.88 bits per heavy atom. The van der Waals surface area contributed by atoms with Crippen LogP contribution in [0.2, 0.25) is 0 Å². The van der Waals surface area contributed by atoms with Gasteiger partial charge in [-0.3, -0.25) is 0 Å². The van der Waals surface area contributed by atoms with E-state index in [0.717, 1.165) is 38.3 Å². The molecule has 2 rings (SSSR count). The Bertz CT molecular complexity index is 266. The molecule has 2 heterocycles. The zero-order chi connectivity index (χ0) is 11.8. The molecule has 92 valence electrons. The number of amides is 2. The van der Waals surface area contributed by atoms with Gasteiger partial charge in [-0.05, 0) is 25.2 Å². The lowest BCUT2D eigenvalue weighted by Crippen LogP contribution is -2.65. The molecule has 0 radical (unpaired) electrons. The van der Waals surface area contributed by atoms with Gasteiger partial charge < -0.3 is 14.9 Å². The summed E-state index contributed by atoms with van der Waals surface area (Å²) < 4.78 is 0. The number of carbonyl (C=O) groups excluding carboxylic acids is 1. The molecule has 0 aliphatic carbocycles. The number of piperidine rings is 1. The van der Waals surface area contributed by atoms with Crippen molar-refractivity contribution in [1.82, 2.24) is 9.80 Å². The molecule has 1 N–H and O–H groups in total. The molecule has 4 nitrogen and oxygen atoms in total. The van der Waals surface area contributed by atoms with Crippen LogP contribution in [0.3, 0.4) is 0 Å². The highest BCUT2D eigenvalue weighted by Gasteiger charge is 2.43. The molecule has 2 aliphatic heterocycles. The Morgan fingerprint density at radius 3 is 2.38 bits per heavy atom. The number of likely N-dealkylation sites (tertiary alicyclic amines) is 2. The average molecular weight is 226 g/mol.